The van der Waals surface area contributed by atoms with Crippen LogP contribution in [-0.2, 0) is 39.0 Å². The van der Waals surface area contributed by atoms with E-state index in [1.165, 1.54) is 23.0 Å². The van der Waals surface area contributed by atoms with Crippen LogP contribution in [0.2, 0.25) is 0 Å². The summed E-state index contributed by atoms with van der Waals surface area (Å²) in [5, 5.41) is 33.1. The third-order valence-corrected chi connectivity index (χ3v) is 28.3. The molecule has 4 saturated carbocycles. The van der Waals surface area contributed by atoms with Gasteiger partial charge in [0.25, 0.3) is 23.6 Å². The van der Waals surface area contributed by atoms with Crippen LogP contribution < -0.4 is 40.9 Å². The predicted octanol–water partition coefficient (Wildman–Crippen LogP) is 17.2. The number of nitrogens with zero attached hydrogens (tertiary/aromatic N) is 21. The van der Waals surface area contributed by atoms with Crippen LogP contribution in [0, 0.1) is 11.7 Å². The van der Waals surface area contributed by atoms with E-state index in [0.29, 0.717) is 94.6 Å². The van der Waals surface area contributed by atoms with Gasteiger partial charge in [-0.1, -0.05) is 146 Å². The molecule has 11 aromatic rings. The van der Waals surface area contributed by atoms with Crippen LogP contribution in [0.1, 0.15) is 189 Å². The van der Waals surface area contributed by atoms with Gasteiger partial charge in [-0.25, -0.2) is 43.1 Å². The third kappa shape index (κ3) is 17.4. The zero-order valence-electron chi connectivity index (χ0n) is 79.7. The number of carbonyl (C=O) groups is 6. The molecular formula is C105H114F3N25O6. The molecule has 0 radical (unpaired) electrons. The van der Waals surface area contributed by atoms with Crippen LogP contribution in [0.4, 0.5) is 82.5 Å². The van der Waals surface area contributed by atoms with Crippen molar-refractivity contribution < 1.29 is 41.9 Å². The van der Waals surface area contributed by atoms with Gasteiger partial charge in [-0.05, 0) is 207 Å². The summed E-state index contributed by atoms with van der Waals surface area (Å²) in [5.74, 6) is 1.79. The van der Waals surface area contributed by atoms with Gasteiger partial charge in [-0.2, -0.15) is 29.2 Å². The Morgan fingerprint density at radius 3 is 1.21 bits per heavy atom. The minimum atomic E-state index is -3.68. The van der Waals surface area contributed by atoms with E-state index in [0.717, 1.165) is 189 Å². The Morgan fingerprint density at radius 2 is 0.806 bits per heavy atom. The second kappa shape index (κ2) is 37.6. The maximum atomic E-state index is 14.8. The second-order valence-electron chi connectivity index (χ2n) is 38.5. The van der Waals surface area contributed by atoms with E-state index in [-0.39, 0.29) is 78.2 Å². The number of aryl methyl sites for hydroxylation is 4. The Bertz CT molecular complexity index is 6730. The molecule has 4 fully saturated rings. The number of hydrogen-bond donors (Lipinski definition) is 4. The SMILES string of the molecule is C=C(C)c1ccc(CCn2nc3c(c2Nc2ccccc2)C(=O)N(C)C2=N[C@@H]4CCC[C@@H]4N23)cc1.CC(=O)c1ccc(CCn2nc(Nc3ccccc3)c3c2N2C(=N[C@@H]4CCC[C@@H]42)N(C)C3=O)cc1.CC(CN(C)C)Cn1nc(Nc2ccccc2)c2c1N1C(=NC3CCCC31)N(C)C2=O.CN1C(=O)c2c(Nc3ccccc3)nn(Cc3ccc(C(=O)C(C)(F)F)c(F)c3)c2N2C1=N[C@@H]1CCC[C@@H]12. The van der Waals surface area contributed by atoms with E-state index in [1.54, 1.807) is 40.4 Å². The average Bonchev–Trinajstić information content (AvgIpc) is 1.57. The normalized spacial score (nSPS) is 20.9. The van der Waals surface area contributed by atoms with Gasteiger partial charge < -0.3 is 26.2 Å². The van der Waals surface area contributed by atoms with Gasteiger partial charge in [0.2, 0.25) is 29.6 Å². The first-order chi connectivity index (χ1) is 67.1. The van der Waals surface area contributed by atoms with Gasteiger partial charge >= 0.3 is 5.92 Å². The van der Waals surface area contributed by atoms with Crippen molar-refractivity contribution in [2.45, 2.75) is 198 Å². The first kappa shape index (κ1) is 91.9. The number of carbonyl (C=O) groups excluding carboxylic acids is 6. The monoisotopic (exact) mass is 1880 g/mol. The van der Waals surface area contributed by atoms with Crippen LogP contribution in [0.25, 0.3) is 5.57 Å². The van der Waals surface area contributed by atoms with E-state index in [1.807, 2.05) is 186 Å². The zero-order chi connectivity index (χ0) is 96.7. The molecule has 8 aliphatic heterocycles. The summed E-state index contributed by atoms with van der Waals surface area (Å²) in [6.45, 7) is 13.3. The van der Waals surface area contributed by atoms with Gasteiger partial charge in [-0.15, -0.1) is 0 Å². The molecule has 0 bridgehead atoms. The Morgan fingerprint density at radius 1 is 0.446 bits per heavy atom. The number of ketones is 2. The molecule has 12 aliphatic rings. The van der Waals surface area contributed by atoms with Crippen molar-refractivity contribution in [3.63, 3.8) is 0 Å². The number of rotatable bonds is 24. The Kier molecular flexibility index (Phi) is 24.8. The highest BCUT2D eigenvalue weighted by Gasteiger charge is 2.55. The number of aromatic nitrogens is 8. The van der Waals surface area contributed by atoms with Crippen molar-refractivity contribution in [3.05, 3.63) is 256 Å². The largest absolute Gasteiger partial charge is 0.340 e. The lowest BCUT2D eigenvalue weighted by Gasteiger charge is -2.36. The van der Waals surface area contributed by atoms with E-state index in [4.69, 9.17) is 40.4 Å². The maximum absolute atomic E-state index is 14.8. The molecule has 0 spiro atoms. The summed E-state index contributed by atoms with van der Waals surface area (Å²) in [4.78, 5) is 115. The molecule has 34 heteroatoms. The topological polar surface area (TPSA) is 300 Å². The highest BCUT2D eigenvalue weighted by molar-refractivity contribution is 6.24. The van der Waals surface area contributed by atoms with Gasteiger partial charge in [-0.3, -0.25) is 68.0 Å². The standard InChI is InChI=1S/C28H30N6O.C27H25F3N6O2.C27H28N6O2.C23H31N7O/c1-18(2)20-14-12-19(13-15-20)16-17-33-25(29-21-8-5-4-6-9-21)24-26(31-33)34-23-11-7-10-22(23)30-28(34)32(3)27(24)35;1-27(29,30)22(37)17-12-11-15(13-18(17)28)14-35-24-21(23(33-35)31-16-7-4-3-5-8-16)25(38)34(2)26-32-19-9-6-10-20(19)36(24)26;1-17(34)19-13-11-18(12-14-19)15-16-32-25-23(24(30-32)28-20-7-4-3-5-8-20)26(35)31(2)27-29-21-9-6-10-22(21)33(25)27;1-15(13-27(2)3)14-29-21-19(20(26-29)24-16-9-6-5-7-10-16)22(31)28(4)23-25-17-11-8-12-18(17)30(21)23/h4-6,8-9,12-15,22-23,29H,1,7,10-11,16-17H2,2-3H3;3-5,7-8,11-13,19-20H,6,9-10,14H2,1-2H3,(H,31,33);3-5,7-8,11-14,21-22H,6,9-10,15-16H2,1-2H3,(H,28,30);5-7,9-10,15,17-18H,8,11-14H2,1-4H3,(H,24,26)/t22-,23+;19-,20+;21-,22+;/m111./s1. The molecule has 7 aromatic carbocycles. The van der Waals surface area contributed by atoms with E-state index in [2.05, 4.69) is 92.7 Å². The fourth-order valence-electron chi connectivity index (χ4n) is 21.6. The third-order valence-electron chi connectivity index (χ3n) is 28.3. The fourth-order valence-corrected chi connectivity index (χ4v) is 21.6. The number of amides is 4. The summed E-state index contributed by atoms with van der Waals surface area (Å²) in [5.41, 5.74) is 10.7. The van der Waals surface area contributed by atoms with Crippen molar-refractivity contribution >= 4 is 134 Å². The lowest BCUT2D eigenvalue weighted by molar-refractivity contribution is 0.0217. The minimum absolute atomic E-state index is 0.0464. The quantitative estimate of drug-likeness (QED) is 0.0409. The highest BCUT2D eigenvalue weighted by atomic mass is 19.3. The Labute approximate surface area is 804 Å². The molecule has 0 saturated heterocycles. The summed E-state index contributed by atoms with van der Waals surface area (Å²) in [7, 11) is 11.3. The summed E-state index contributed by atoms with van der Waals surface area (Å²) >= 11 is 0. The van der Waals surface area contributed by atoms with Crippen LogP contribution in [0.15, 0.2) is 215 Å². The lowest BCUT2D eigenvalue weighted by Crippen LogP contribution is -2.52. The second-order valence-corrected chi connectivity index (χ2v) is 38.5. The molecule has 23 rings (SSSR count). The number of nitrogens with one attached hydrogen (secondary N) is 4. The van der Waals surface area contributed by atoms with Crippen molar-refractivity contribution in [3.8, 4) is 0 Å². The number of allylic oxidation sites excluding steroid dienone is 1. The van der Waals surface area contributed by atoms with Crippen molar-refractivity contribution in [2.24, 2.45) is 25.9 Å². The summed E-state index contributed by atoms with van der Waals surface area (Å²) in [6, 6.07) is 60.5. The molecule has 4 amide bonds. The van der Waals surface area contributed by atoms with Crippen LogP contribution in [0.3, 0.4) is 0 Å². The number of para-hydroxylation sites is 4. The molecular weight excluding hydrogens is 1760 g/mol. The number of alkyl halides is 2. The van der Waals surface area contributed by atoms with Gasteiger partial charge in [0.05, 0.1) is 60.4 Å². The number of hydrogen-bond acceptors (Lipinski definition) is 23. The molecule has 4 aromatic heterocycles. The van der Waals surface area contributed by atoms with Gasteiger partial charge in [0, 0.05) is 89.6 Å². The molecule has 139 heavy (non-hydrogen) atoms. The van der Waals surface area contributed by atoms with E-state index in [9.17, 15) is 41.9 Å². The zero-order valence-corrected chi connectivity index (χ0v) is 79.7. The molecule has 4 aliphatic carbocycles. The van der Waals surface area contributed by atoms with E-state index >= 15 is 0 Å². The minimum Gasteiger partial charge on any atom is -0.340 e. The smallest absolute Gasteiger partial charge is 0.307 e. The fraction of sp³-hybridized carbons (Fsp3) is 0.371. The number of aliphatic imine (C=N–C) groups is 4. The van der Waals surface area contributed by atoms with Gasteiger partial charge in [0.15, 0.2) is 29.1 Å². The average molecular weight is 1880 g/mol. The van der Waals surface area contributed by atoms with E-state index < -0.39 is 23.1 Å². The number of halogens is 3. The molecule has 3 unspecified atom stereocenters. The molecule has 9 atom stereocenters. The first-order valence-corrected chi connectivity index (χ1v) is 48.1. The van der Waals surface area contributed by atoms with Crippen LogP contribution >= 0.6 is 0 Å². The highest BCUT2D eigenvalue weighted by Crippen LogP contribution is 2.50. The number of fused-ring (bicyclic) bond motifs is 20. The summed E-state index contributed by atoms with van der Waals surface area (Å²) in [6.07, 6.45) is 14.3. The lowest BCUT2D eigenvalue weighted by atomic mass is 10.0. The molecule has 31 nitrogen and oxygen atoms in total. The molecule has 4 N–H and O–H groups in total. The molecule has 12 heterocycles. The first-order valence-electron chi connectivity index (χ1n) is 48.1. The summed E-state index contributed by atoms with van der Waals surface area (Å²) < 4.78 is 49.4. The Balaban J connectivity index is 0.000000114. The number of guanidine groups is 4. The number of anilines is 12. The van der Waals surface area contributed by atoms with Crippen LogP contribution in [0.5, 0.6) is 0 Å². The van der Waals surface area contributed by atoms with Crippen molar-refractivity contribution in [1.29, 1.82) is 0 Å². The van der Waals surface area contributed by atoms with Crippen LogP contribution in [-0.4, -0.2) is 226 Å². The van der Waals surface area contributed by atoms with Crippen molar-refractivity contribution in [1.82, 2.24) is 63.6 Å². The number of Topliss-reactive ketones (excluding diaryl/α,β-unsaturated/α-hetero) is 2. The number of benzene rings is 7. The van der Waals surface area contributed by atoms with Crippen molar-refractivity contribution in [2.75, 3.05) is 89.7 Å². The van der Waals surface area contributed by atoms with Gasteiger partial charge in [0.1, 0.15) is 51.3 Å². The maximum Gasteiger partial charge on any atom is 0.307 e. The predicted molar refractivity (Wildman–Crippen MR) is 535 cm³/mol. The molecule has 716 valence electrons. The Hall–Kier alpha value is -14.8.